The molecule has 0 amide bonds. The summed E-state index contributed by atoms with van der Waals surface area (Å²) >= 11 is 0. The van der Waals surface area contributed by atoms with Gasteiger partial charge in [-0.1, -0.05) is 6.42 Å². The lowest BCUT2D eigenvalue weighted by molar-refractivity contribution is 0.178. The van der Waals surface area contributed by atoms with E-state index in [0.717, 1.165) is 19.3 Å². The monoisotopic (exact) mass is 272 g/mol. The number of H-pyrrole nitrogens is 1. The van der Waals surface area contributed by atoms with Crippen LogP contribution < -0.4 is 5.43 Å². The van der Waals surface area contributed by atoms with E-state index in [1.807, 2.05) is 0 Å². The molecule has 2 rings (SSSR count). The van der Waals surface area contributed by atoms with Gasteiger partial charge in [-0.2, -0.15) is 4.31 Å². The number of aliphatic hydroxyl groups is 1. The van der Waals surface area contributed by atoms with Crippen LogP contribution in [-0.4, -0.2) is 42.0 Å². The molecule has 0 saturated heterocycles. The number of aromatic nitrogens is 1. The predicted octanol–water partition coefficient (Wildman–Crippen LogP) is -0.0896. The first-order valence-corrected chi connectivity index (χ1v) is 7.31. The minimum absolute atomic E-state index is 0.0291. The predicted molar refractivity (Wildman–Crippen MR) is 65.7 cm³/mol. The molecule has 0 aromatic carbocycles. The van der Waals surface area contributed by atoms with E-state index in [2.05, 4.69) is 4.98 Å². The molecule has 6 nitrogen and oxygen atoms in total. The van der Waals surface area contributed by atoms with Crippen LogP contribution in [0.4, 0.5) is 0 Å². The lowest BCUT2D eigenvalue weighted by Gasteiger charge is -2.35. The minimum atomic E-state index is -3.82. The molecule has 2 N–H and O–H groups in total. The van der Waals surface area contributed by atoms with Crippen LogP contribution in [0.2, 0.25) is 0 Å². The first kappa shape index (κ1) is 13.3. The lowest BCUT2D eigenvalue weighted by atomic mass is 9.93. The zero-order valence-electron chi connectivity index (χ0n) is 9.87. The Morgan fingerprint density at radius 3 is 2.67 bits per heavy atom. The van der Waals surface area contributed by atoms with Crippen LogP contribution in [0.3, 0.4) is 0 Å². The van der Waals surface area contributed by atoms with Crippen molar-refractivity contribution in [2.75, 3.05) is 13.2 Å². The van der Waals surface area contributed by atoms with Gasteiger partial charge < -0.3 is 10.1 Å². The van der Waals surface area contributed by atoms with Gasteiger partial charge in [-0.05, 0) is 12.8 Å². The fraction of sp³-hybridized carbons (Fsp3) is 0.545. The van der Waals surface area contributed by atoms with Crippen molar-refractivity contribution >= 4 is 10.0 Å². The van der Waals surface area contributed by atoms with Crippen molar-refractivity contribution < 1.29 is 13.5 Å². The summed E-state index contributed by atoms with van der Waals surface area (Å²) in [5, 5.41) is 8.99. The summed E-state index contributed by atoms with van der Waals surface area (Å²) in [6.45, 7) is -0.220. The zero-order valence-corrected chi connectivity index (χ0v) is 10.7. The molecule has 1 heterocycles. The topological polar surface area (TPSA) is 90.5 Å². The summed E-state index contributed by atoms with van der Waals surface area (Å²) in [5.41, 5.74) is -0.531. The highest BCUT2D eigenvalue weighted by Gasteiger charge is 2.35. The summed E-state index contributed by atoms with van der Waals surface area (Å²) in [7, 11) is -3.82. The molecule has 7 heteroatoms. The quantitative estimate of drug-likeness (QED) is 0.784. The summed E-state index contributed by atoms with van der Waals surface area (Å²) in [6.07, 6.45) is 5.13. The molecular weight excluding hydrogens is 256 g/mol. The minimum Gasteiger partial charge on any atom is -0.395 e. The Morgan fingerprint density at radius 1 is 1.44 bits per heavy atom. The number of pyridine rings is 1. The number of aromatic amines is 1. The number of hydrogen-bond acceptors (Lipinski definition) is 4. The molecule has 1 saturated carbocycles. The Hall–Kier alpha value is -1.18. The molecule has 1 aliphatic carbocycles. The van der Waals surface area contributed by atoms with Crippen LogP contribution in [0.15, 0.2) is 28.2 Å². The summed E-state index contributed by atoms with van der Waals surface area (Å²) in [6, 6.07) is 1.09. The van der Waals surface area contributed by atoms with Crippen LogP contribution in [0.5, 0.6) is 0 Å². The van der Waals surface area contributed by atoms with E-state index in [1.165, 1.54) is 22.8 Å². The molecule has 0 radical (unpaired) electrons. The number of nitrogens with zero attached hydrogens (tertiary/aromatic N) is 1. The maximum absolute atomic E-state index is 12.4. The first-order chi connectivity index (χ1) is 8.57. The molecule has 100 valence electrons. The van der Waals surface area contributed by atoms with Gasteiger partial charge in [0.15, 0.2) is 0 Å². The first-order valence-electron chi connectivity index (χ1n) is 5.87. The van der Waals surface area contributed by atoms with Crippen molar-refractivity contribution in [3.63, 3.8) is 0 Å². The number of rotatable bonds is 5. The van der Waals surface area contributed by atoms with Crippen molar-refractivity contribution in [1.29, 1.82) is 0 Å². The van der Waals surface area contributed by atoms with E-state index in [0.29, 0.717) is 0 Å². The second kappa shape index (κ2) is 5.21. The third-order valence-electron chi connectivity index (χ3n) is 3.18. The fourth-order valence-corrected chi connectivity index (χ4v) is 3.72. The normalized spacial score (nSPS) is 16.8. The van der Waals surface area contributed by atoms with Gasteiger partial charge in [0.05, 0.1) is 6.61 Å². The van der Waals surface area contributed by atoms with E-state index in [-0.39, 0.29) is 24.1 Å². The number of nitrogens with one attached hydrogen (secondary N) is 1. The molecule has 0 aliphatic heterocycles. The zero-order chi connectivity index (χ0) is 13.2. The molecule has 1 fully saturated rings. The molecule has 0 atom stereocenters. The van der Waals surface area contributed by atoms with E-state index in [1.54, 1.807) is 0 Å². The number of sulfonamides is 1. The van der Waals surface area contributed by atoms with E-state index in [9.17, 15) is 13.2 Å². The van der Waals surface area contributed by atoms with Crippen molar-refractivity contribution in [2.24, 2.45) is 0 Å². The Morgan fingerprint density at radius 2 is 2.17 bits per heavy atom. The highest BCUT2D eigenvalue weighted by atomic mass is 32.2. The molecule has 18 heavy (non-hydrogen) atoms. The smallest absolute Gasteiger partial charge is 0.248 e. The molecule has 1 aliphatic rings. The SMILES string of the molecule is O=c1cc[nH]cc1S(=O)(=O)N(CCO)C1CCC1. The van der Waals surface area contributed by atoms with Gasteiger partial charge >= 0.3 is 0 Å². The van der Waals surface area contributed by atoms with Gasteiger partial charge in [0.2, 0.25) is 15.5 Å². The van der Waals surface area contributed by atoms with Crippen molar-refractivity contribution in [3.8, 4) is 0 Å². The largest absolute Gasteiger partial charge is 0.395 e. The van der Waals surface area contributed by atoms with Crippen LogP contribution in [0.25, 0.3) is 0 Å². The Balaban J connectivity index is 2.39. The van der Waals surface area contributed by atoms with E-state index in [4.69, 9.17) is 5.11 Å². The Kier molecular flexibility index (Phi) is 3.84. The van der Waals surface area contributed by atoms with Crippen LogP contribution in [0, 0.1) is 0 Å². The molecule has 1 aromatic rings. The van der Waals surface area contributed by atoms with Crippen LogP contribution >= 0.6 is 0 Å². The fourth-order valence-electron chi connectivity index (χ4n) is 2.00. The van der Waals surface area contributed by atoms with Gasteiger partial charge in [0, 0.05) is 31.0 Å². The Labute approximate surface area is 105 Å². The molecular formula is C11H16N2O4S. The standard InChI is InChI=1S/C11H16N2O4S/c14-7-6-13(9-2-1-3-9)18(16,17)11-8-12-5-4-10(11)15/h4-5,8-9,14H,1-3,6-7H2,(H,12,15). The number of hydrogen-bond donors (Lipinski definition) is 2. The third kappa shape index (κ3) is 2.33. The highest BCUT2D eigenvalue weighted by molar-refractivity contribution is 7.89. The lowest BCUT2D eigenvalue weighted by Crippen LogP contribution is -2.46. The van der Waals surface area contributed by atoms with E-state index < -0.39 is 15.5 Å². The molecule has 0 bridgehead atoms. The van der Waals surface area contributed by atoms with Crippen molar-refractivity contribution in [2.45, 2.75) is 30.2 Å². The maximum Gasteiger partial charge on any atom is 0.248 e. The van der Waals surface area contributed by atoms with Crippen LogP contribution in [0.1, 0.15) is 19.3 Å². The average molecular weight is 272 g/mol. The summed E-state index contributed by atoms with van der Waals surface area (Å²) < 4.78 is 26.0. The van der Waals surface area contributed by atoms with Gasteiger partial charge in [0.1, 0.15) is 4.90 Å². The van der Waals surface area contributed by atoms with Crippen LogP contribution in [-0.2, 0) is 10.0 Å². The van der Waals surface area contributed by atoms with Gasteiger partial charge in [0.25, 0.3) is 0 Å². The second-order valence-electron chi connectivity index (χ2n) is 4.30. The maximum atomic E-state index is 12.4. The van der Waals surface area contributed by atoms with Crippen molar-refractivity contribution in [1.82, 2.24) is 9.29 Å². The van der Waals surface area contributed by atoms with E-state index >= 15 is 0 Å². The highest BCUT2D eigenvalue weighted by Crippen LogP contribution is 2.28. The van der Waals surface area contributed by atoms with Gasteiger partial charge in [-0.25, -0.2) is 8.42 Å². The summed E-state index contributed by atoms with van der Waals surface area (Å²) in [5.74, 6) is 0. The molecule has 0 spiro atoms. The second-order valence-corrected chi connectivity index (χ2v) is 6.16. The Bertz CT molecular complexity index is 562. The summed E-state index contributed by atoms with van der Waals surface area (Å²) in [4.78, 5) is 14.0. The van der Waals surface area contributed by atoms with Gasteiger partial charge in [-0.3, -0.25) is 4.79 Å². The number of aliphatic hydroxyl groups excluding tert-OH is 1. The van der Waals surface area contributed by atoms with Gasteiger partial charge in [-0.15, -0.1) is 0 Å². The average Bonchev–Trinajstić information content (AvgIpc) is 2.26. The van der Waals surface area contributed by atoms with Crippen molar-refractivity contribution in [3.05, 3.63) is 28.7 Å². The molecule has 0 unspecified atom stereocenters. The molecule has 1 aromatic heterocycles. The third-order valence-corrected chi connectivity index (χ3v) is 5.15.